The fraction of sp³-hybridized carbons (Fsp3) is 0.304. The van der Waals surface area contributed by atoms with Crippen LogP contribution in [0.3, 0.4) is 0 Å². The van der Waals surface area contributed by atoms with Gasteiger partial charge in [0.25, 0.3) is 0 Å². The Hall–Kier alpha value is -2.50. The minimum absolute atomic E-state index is 0.911. The Morgan fingerprint density at radius 2 is 2.00 bits per heavy atom. The Bertz CT molecular complexity index is 1130. The summed E-state index contributed by atoms with van der Waals surface area (Å²) in [5.41, 5.74) is 7.21. The Kier molecular flexibility index (Phi) is 4.49. The van der Waals surface area contributed by atoms with E-state index in [9.17, 15) is 0 Å². The molecule has 3 aromatic heterocycles. The van der Waals surface area contributed by atoms with Gasteiger partial charge in [0.05, 0.1) is 27.5 Å². The van der Waals surface area contributed by atoms with Crippen molar-refractivity contribution in [1.29, 1.82) is 0 Å². The maximum atomic E-state index is 5.12. The van der Waals surface area contributed by atoms with Gasteiger partial charge in [0.2, 0.25) is 0 Å². The summed E-state index contributed by atoms with van der Waals surface area (Å²) in [5, 5.41) is 8.00. The lowest BCUT2D eigenvalue weighted by molar-refractivity contribution is 0.261. The lowest BCUT2D eigenvalue weighted by atomic mass is 10.0. The average molecular weight is 389 g/mol. The average Bonchev–Trinajstić information content (AvgIpc) is 3.28. The number of benzene rings is 1. The predicted molar refractivity (Wildman–Crippen MR) is 115 cm³/mol. The van der Waals surface area contributed by atoms with Gasteiger partial charge >= 0.3 is 0 Å². The first-order valence-electron chi connectivity index (χ1n) is 9.86. The van der Waals surface area contributed by atoms with Crippen molar-refractivity contribution in [3.8, 4) is 10.6 Å². The molecule has 1 aliphatic heterocycles. The molecular formula is C23H24N4S. The lowest BCUT2D eigenvalue weighted by Gasteiger charge is -2.21. The van der Waals surface area contributed by atoms with Gasteiger partial charge in [0.15, 0.2) is 0 Å². The summed E-state index contributed by atoms with van der Waals surface area (Å²) in [4.78, 5) is 8.90. The topological polar surface area (TPSA) is 34.0 Å². The van der Waals surface area contributed by atoms with Crippen molar-refractivity contribution in [1.82, 2.24) is 19.7 Å². The fourth-order valence-electron chi connectivity index (χ4n) is 4.19. The molecule has 0 saturated heterocycles. The van der Waals surface area contributed by atoms with Gasteiger partial charge in [-0.3, -0.25) is 9.58 Å². The number of nitrogens with zero attached hydrogens (tertiary/aromatic N) is 4. The minimum atomic E-state index is 0.911. The van der Waals surface area contributed by atoms with E-state index in [0.717, 1.165) is 49.5 Å². The number of hydrogen-bond donors (Lipinski definition) is 0. The van der Waals surface area contributed by atoms with Crippen molar-refractivity contribution in [3.05, 3.63) is 70.4 Å². The summed E-state index contributed by atoms with van der Waals surface area (Å²) in [6.45, 7) is 8.16. The first kappa shape index (κ1) is 17.6. The van der Waals surface area contributed by atoms with Crippen LogP contribution >= 0.6 is 11.3 Å². The maximum absolute atomic E-state index is 5.12. The smallest absolute Gasteiger partial charge is 0.0854 e. The third kappa shape index (κ3) is 3.25. The summed E-state index contributed by atoms with van der Waals surface area (Å²) >= 11 is 1.77. The molecule has 5 heteroatoms. The first-order chi connectivity index (χ1) is 13.7. The Morgan fingerprint density at radius 1 is 1.07 bits per heavy atom. The molecule has 0 spiro atoms. The second-order valence-corrected chi connectivity index (χ2v) is 8.63. The zero-order valence-corrected chi connectivity index (χ0v) is 17.2. The lowest BCUT2D eigenvalue weighted by Crippen LogP contribution is -2.23. The van der Waals surface area contributed by atoms with Crippen molar-refractivity contribution in [2.24, 2.45) is 0 Å². The van der Waals surface area contributed by atoms with Gasteiger partial charge in [-0.1, -0.05) is 24.3 Å². The Labute approximate surface area is 169 Å². The molecule has 0 unspecified atom stereocenters. The van der Waals surface area contributed by atoms with Crippen LogP contribution in [0, 0.1) is 13.8 Å². The Morgan fingerprint density at radius 3 is 2.86 bits per heavy atom. The zero-order valence-electron chi connectivity index (χ0n) is 16.4. The van der Waals surface area contributed by atoms with Crippen LogP contribution in [0.4, 0.5) is 0 Å². The number of aryl methyl sites for hydroxylation is 3. The van der Waals surface area contributed by atoms with E-state index in [-0.39, 0.29) is 0 Å². The summed E-state index contributed by atoms with van der Waals surface area (Å²) in [5.74, 6) is 0. The highest BCUT2D eigenvalue weighted by molar-refractivity contribution is 7.13. The van der Waals surface area contributed by atoms with Crippen LogP contribution in [-0.4, -0.2) is 26.2 Å². The molecule has 4 nitrogen and oxygen atoms in total. The minimum Gasteiger partial charge on any atom is -0.293 e. The summed E-state index contributed by atoms with van der Waals surface area (Å²) in [6, 6.07) is 15.3. The molecule has 5 rings (SSSR count). The normalized spacial score (nSPS) is 14.9. The molecule has 1 aliphatic rings. The highest BCUT2D eigenvalue weighted by atomic mass is 32.1. The molecule has 0 aliphatic carbocycles. The van der Waals surface area contributed by atoms with E-state index in [1.165, 1.54) is 27.1 Å². The van der Waals surface area contributed by atoms with Gasteiger partial charge in [-0.25, -0.2) is 4.98 Å². The second-order valence-electron chi connectivity index (χ2n) is 7.68. The SMILES string of the molecule is Cc1cc2n(n1)CCCN(Cc1cc3cccc(C)c3nc1-c1cccs1)C2. The summed E-state index contributed by atoms with van der Waals surface area (Å²) in [7, 11) is 0. The van der Waals surface area contributed by atoms with Crippen LogP contribution in [0.2, 0.25) is 0 Å². The van der Waals surface area contributed by atoms with E-state index < -0.39 is 0 Å². The molecule has 0 fully saturated rings. The van der Waals surface area contributed by atoms with Crippen LogP contribution in [0.5, 0.6) is 0 Å². The molecule has 0 radical (unpaired) electrons. The number of fused-ring (bicyclic) bond motifs is 2. The fourth-order valence-corrected chi connectivity index (χ4v) is 4.94. The number of pyridine rings is 1. The highest BCUT2D eigenvalue weighted by Gasteiger charge is 2.19. The molecular weight excluding hydrogens is 364 g/mol. The number of aromatic nitrogens is 3. The first-order valence-corrected chi connectivity index (χ1v) is 10.7. The van der Waals surface area contributed by atoms with Crippen molar-refractivity contribution in [3.63, 3.8) is 0 Å². The molecule has 142 valence electrons. The number of para-hydroxylation sites is 1. The number of thiophene rings is 1. The van der Waals surface area contributed by atoms with Gasteiger partial charge in [-0.05, 0) is 55.0 Å². The number of hydrogen-bond acceptors (Lipinski definition) is 4. The summed E-state index contributed by atoms with van der Waals surface area (Å²) < 4.78 is 2.18. The quantitative estimate of drug-likeness (QED) is 0.485. The molecule has 1 aromatic carbocycles. The van der Waals surface area contributed by atoms with Gasteiger partial charge in [-0.15, -0.1) is 11.3 Å². The van der Waals surface area contributed by atoms with E-state index in [1.807, 2.05) is 0 Å². The van der Waals surface area contributed by atoms with E-state index in [2.05, 4.69) is 76.4 Å². The van der Waals surface area contributed by atoms with E-state index in [4.69, 9.17) is 4.98 Å². The molecule has 0 N–H and O–H groups in total. The second kappa shape index (κ2) is 7.15. The van der Waals surface area contributed by atoms with Gasteiger partial charge in [0.1, 0.15) is 0 Å². The molecule has 0 atom stereocenters. The van der Waals surface area contributed by atoms with Crippen LogP contribution < -0.4 is 0 Å². The monoisotopic (exact) mass is 388 g/mol. The van der Waals surface area contributed by atoms with Gasteiger partial charge in [-0.2, -0.15) is 5.10 Å². The molecule has 4 aromatic rings. The number of rotatable bonds is 3. The largest absolute Gasteiger partial charge is 0.293 e. The van der Waals surface area contributed by atoms with Gasteiger partial charge < -0.3 is 0 Å². The van der Waals surface area contributed by atoms with Crippen LogP contribution in [0.15, 0.2) is 47.8 Å². The van der Waals surface area contributed by atoms with Crippen molar-refractivity contribution >= 4 is 22.2 Å². The Balaban J connectivity index is 1.55. The van der Waals surface area contributed by atoms with Gasteiger partial charge in [0, 0.05) is 31.6 Å². The third-order valence-electron chi connectivity index (χ3n) is 5.49. The molecule has 0 amide bonds. The molecule has 0 saturated carbocycles. The molecule has 28 heavy (non-hydrogen) atoms. The van der Waals surface area contributed by atoms with E-state index in [1.54, 1.807) is 11.3 Å². The summed E-state index contributed by atoms with van der Waals surface area (Å²) in [6.07, 6.45) is 1.13. The predicted octanol–water partition coefficient (Wildman–Crippen LogP) is 5.18. The van der Waals surface area contributed by atoms with Crippen molar-refractivity contribution in [2.45, 2.75) is 39.9 Å². The highest BCUT2D eigenvalue weighted by Crippen LogP contribution is 2.31. The maximum Gasteiger partial charge on any atom is 0.0854 e. The van der Waals surface area contributed by atoms with Crippen LogP contribution in [0.1, 0.15) is 28.9 Å². The van der Waals surface area contributed by atoms with E-state index in [0.29, 0.717) is 0 Å². The van der Waals surface area contributed by atoms with Crippen molar-refractivity contribution < 1.29 is 0 Å². The van der Waals surface area contributed by atoms with E-state index >= 15 is 0 Å². The van der Waals surface area contributed by atoms with Crippen LogP contribution in [0.25, 0.3) is 21.5 Å². The standard InChI is InChI=1S/C23H24N4S/c1-16-6-3-7-18-13-19(23(24-22(16)18)21-8-4-11-28-21)14-26-9-5-10-27-20(15-26)12-17(2)25-27/h3-4,6-8,11-13H,5,9-10,14-15H2,1-2H3. The third-order valence-corrected chi connectivity index (χ3v) is 6.37. The zero-order chi connectivity index (χ0) is 19.1. The molecule has 0 bridgehead atoms. The van der Waals surface area contributed by atoms with Crippen molar-refractivity contribution in [2.75, 3.05) is 6.54 Å². The van der Waals surface area contributed by atoms with Crippen LogP contribution in [-0.2, 0) is 19.6 Å². The molecule has 4 heterocycles.